The second-order valence-corrected chi connectivity index (χ2v) is 5.43. The molecule has 2 rings (SSSR count). The van der Waals surface area contributed by atoms with Gasteiger partial charge in [-0.1, -0.05) is 50.2 Å². The number of hydrogen-bond donors (Lipinski definition) is 1. The van der Waals surface area contributed by atoms with Gasteiger partial charge in [-0.2, -0.15) is 0 Å². The molecule has 0 aliphatic carbocycles. The molecule has 0 atom stereocenters. The minimum Gasteiger partial charge on any atom is -0.488 e. The van der Waals surface area contributed by atoms with Crippen molar-refractivity contribution in [2.24, 2.45) is 5.14 Å². The van der Waals surface area contributed by atoms with Gasteiger partial charge in [-0.3, -0.25) is 5.14 Å². The fourth-order valence-corrected chi connectivity index (χ4v) is 2.28. The summed E-state index contributed by atoms with van der Waals surface area (Å²) in [4.78, 5) is 0.988. The van der Waals surface area contributed by atoms with Gasteiger partial charge in [0.05, 0.1) is 4.90 Å². The highest BCUT2D eigenvalue weighted by Crippen LogP contribution is 2.30. The maximum absolute atomic E-state index is 5.85. The molecule has 2 nitrogen and oxygen atoms in total. The highest BCUT2D eigenvalue weighted by atomic mass is 32.2. The van der Waals surface area contributed by atoms with Crippen molar-refractivity contribution in [1.82, 2.24) is 0 Å². The molecule has 0 saturated carbocycles. The summed E-state index contributed by atoms with van der Waals surface area (Å²) >= 11 is 1.24. The highest BCUT2D eigenvalue weighted by molar-refractivity contribution is 7.97. The summed E-state index contributed by atoms with van der Waals surface area (Å²) in [5.74, 6) is 1.34. The molecule has 0 fully saturated rings. The summed E-state index contributed by atoms with van der Waals surface area (Å²) in [5, 5.41) is 5.73. The molecule has 0 amide bonds. The summed E-state index contributed by atoms with van der Waals surface area (Å²) in [6.07, 6.45) is 0. The van der Waals surface area contributed by atoms with Crippen LogP contribution in [0.15, 0.2) is 53.4 Å². The molecule has 3 heteroatoms. The topological polar surface area (TPSA) is 35.2 Å². The van der Waals surface area contributed by atoms with Crippen molar-refractivity contribution in [3.63, 3.8) is 0 Å². The fraction of sp³-hybridized carbons (Fsp3) is 0.250. The second-order valence-electron chi connectivity index (χ2n) is 4.75. The SMILES string of the molecule is CC(C)c1ccc(OCc2ccccc2)c(SN)c1. The lowest BCUT2D eigenvalue weighted by Gasteiger charge is -2.13. The minimum atomic E-state index is 0.495. The van der Waals surface area contributed by atoms with Crippen LogP contribution in [0.4, 0.5) is 0 Å². The quantitative estimate of drug-likeness (QED) is 0.822. The number of ether oxygens (including phenoxy) is 1. The molecule has 0 saturated heterocycles. The Hall–Kier alpha value is -1.45. The molecule has 0 heterocycles. The fourth-order valence-electron chi connectivity index (χ4n) is 1.83. The molecule has 0 radical (unpaired) electrons. The number of hydrogen-bond acceptors (Lipinski definition) is 3. The second kappa shape index (κ2) is 6.64. The van der Waals surface area contributed by atoms with Crippen LogP contribution >= 0.6 is 11.9 Å². The molecule has 2 aromatic rings. The first kappa shape index (κ1) is 14.0. The molecule has 2 N–H and O–H groups in total. The molecule has 0 bridgehead atoms. The molecule has 0 unspecified atom stereocenters. The zero-order chi connectivity index (χ0) is 13.7. The van der Waals surface area contributed by atoms with Gasteiger partial charge in [0.1, 0.15) is 12.4 Å². The van der Waals surface area contributed by atoms with Crippen molar-refractivity contribution < 1.29 is 4.74 Å². The Morgan fingerprint density at radius 2 is 1.84 bits per heavy atom. The highest BCUT2D eigenvalue weighted by Gasteiger charge is 2.07. The number of benzene rings is 2. The third kappa shape index (κ3) is 3.75. The standard InChI is InChI=1S/C16H19NOS/c1-12(2)14-8-9-15(16(10-14)19-17)18-11-13-6-4-3-5-7-13/h3-10,12H,11,17H2,1-2H3. The molecule has 19 heavy (non-hydrogen) atoms. The van der Waals surface area contributed by atoms with Crippen molar-refractivity contribution in [3.05, 3.63) is 59.7 Å². The van der Waals surface area contributed by atoms with E-state index < -0.39 is 0 Å². The van der Waals surface area contributed by atoms with Crippen LogP contribution in [0.1, 0.15) is 30.9 Å². The number of nitrogens with two attached hydrogens (primary N) is 1. The molecule has 0 aromatic heterocycles. The van der Waals surface area contributed by atoms with Gasteiger partial charge in [-0.05, 0) is 41.1 Å². The Morgan fingerprint density at radius 1 is 1.11 bits per heavy atom. The van der Waals surface area contributed by atoms with E-state index >= 15 is 0 Å². The lowest BCUT2D eigenvalue weighted by molar-refractivity contribution is 0.299. The van der Waals surface area contributed by atoms with Crippen LogP contribution in [0.2, 0.25) is 0 Å². The largest absolute Gasteiger partial charge is 0.488 e. The van der Waals surface area contributed by atoms with Gasteiger partial charge in [-0.15, -0.1) is 0 Å². The Bertz CT molecular complexity index is 526. The minimum absolute atomic E-state index is 0.495. The van der Waals surface area contributed by atoms with Crippen LogP contribution in [0, 0.1) is 0 Å². The molecular formula is C16H19NOS. The van der Waals surface area contributed by atoms with Crippen molar-refractivity contribution in [1.29, 1.82) is 0 Å². The third-order valence-electron chi connectivity index (χ3n) is 3.00. The van der Waals surface area contributed by atoms with Gasteiger partial charge in [0.2, 0.25) is 0 Å². The molecule has 0 spiro atoms. The third-order valence-corrected chi connectivity index (χ3v) is 3.57. The van der Waals surface area contributed by atoms with E-state index in [1.807, 2.05) is 24.3 Å². The van der Waals surface area contributed by atoms with Crippen LogP contribution in [-0.2, 0) is 6.61 Å². The maximum Gasteiger partial charge on any atom is 0.134 e. The normalized spacial score (nSPS) is 10.7. The van der Waals surface area contributed by atoms with E-state index in [0.29, 0.717) is 12.5 Å². The molecule has 0 aliphatic rings. The van der Waals surface area contributed by atoms with Gasteiger partial charge >= 0.3 is 0 Å². The van der Waals surface area contributed by atoms with Crippen molar-refractivity contribution in [2.45, 2.75) is 31.3 Å². The summed E-state index contributed by atoms with van der Waals surface area (Å²) in [6.45, 7) is 4.91. The van der Waals surface area contributed by atoms with E-state index in [2.05, 4.69) is 38.1 Å². The van der Waals surface area contributed by atoms with E-state index in [9.17, 15) is 0 Å². The van der Waals surface area contributed by atoms with Crippen LogP contribution in [0.5, 0.6) is 5.75 Å². The Morgan fingerprint density at radius 3 is 2.47 bits per heavy atom. The van der Waals surface area contributed by atoms with Crippen LogP contribution in [-0.4, -0.2) is 0 Å². The summed E-state index contributed by atoms with van der Waals surface area (Å²) in [5.41, 5.74) is 2.43. The first-order valence-electron chi connectivity index (χ1n) is 6.38. The zero-order valence-corrected chi connectivity index (χ0v) is 12.1. The molecule has 0 aliphatic heterocycles. The predicted molar refractivity (Wildman–Crippen MR) is 81.3 cm³/mol. The van der Waals surface area contributed by atoms with E-state index in [-0.39, 0.29) is 0 Å². The van der Waals surface area contributed by atoms with Crippen molar-refractivity contribution >= 4 is 11.9 Å². The van der Waals surface area contributed by atoms with Crippen molar-refractivity contribution in [2.75, 3.05) is 0 Å². The zero-order valence-electron chi connectivity index (χ0n) is 11.3. The Kier molecular flexibility index (Phi) is 4.88. The van der Waals surface area contributed by atoms with E-state index in [1.54, 1.807) is 0 Å². The maximum atomic E-state index is 5.85. The first-order valence-corrected chi connectivity index (χ1v) is 7.26. The lowest BCUT2D eigenvalue weighted by Crippen LogP contribution is -1.98. The molecule has 2 aromatic carbocycles. The number of rotatable bonds is 5. The van der Waals surface area contributed by atoms with Gasteiger partial charge in [-0.25, -0.2) is 0 Å². The van der Waals surface area contributed by atoms with Crippen molar-refractivity contribution in [3.8, 4) is 5.75 Å². The Balaban J connectivity index is 2.12. The van der Waals surface area contributed by atoms with Crippen LogP contribution < -0.4 is 9.88 Å². The average molecular weight is 273 g/mol. The smallest absolute Gasteiger partial charge is 0.134 e. The molecular weight excluding hydrogens is 254 g/mol. The average Bonchev–Trinajstić information content (AvgIpc) is 2.45. The monoisotopic (exact) mass is 273 g/mol. The van der Waals surface area contributed by atoms with Gasteiger partial charge in [0.25, 0.3) is 0 Å². The van der Waals surface area contributed by atoms with E-state index in [4.69, 9.17) is 9.88 Å². The Labute approximate surface area is 119 Å². The molecule has 100 valence electrons. The predicted octanol–water partition coefficient (Wildman–Crippen LogP) is 4.35. The van der Waals surface area contributed by atoms with Gasteiger partial charge in [0.15, 0.2) is 0 Å². The van der Waals surface area contributed by atoms with Crippen LogP contribution in [0.25, 0.3) is 0 Å². The summed E-state index contributed by atoms with van der Waals surface area (Å²) in [6, 6.07) is 16.4. The van der Waals surface area contributed by atoms with Crippen LogP contribution in [0.3, 0.4) is 0 Å². The van der Waals surface area contributed by atoms with Gasteiger partial charge < -0.3 is 4.74 Å². The van der Waals surface area contributed by atoms with Gasteiger partial charge in [0, 0.05) is 0 Å². The lowest BCUT2D eigenvalue weighted by atomic mass is 10.0. The first-order chi connectivity index (χ1) is 9.20. The summed E-state index contributed by atoms with van der Waals surface area (Å²) < 4.78 is 5.85. The van der Waals surface area contributed by atoms with E-state index in [1.165, 1.54) is 17.5 Å². The summed E-state index contributed by atoms with van der Waals surface area (Å²) in [7, 11) is 0. The van der Waals surface area contributed by atoms with E-state index in [0.717, 1.165) is 16.2 Å².